The zero-order valence-corrected chi connectivity index (χ0v) is 11.6. The highest BCUT2D eigenvalue weighted by molar-refractivity contribution is 5.92. The van der Waals surface area contributed by atoms with E-state index in [4.69, 9.17) is 15.2 Å². The number of anilines is 2. The second kappa shape index (κ2) is 5.48. The van der Waals surface area contributed by atoms with Crippen molar-refractivity contribution in [3.63, 3.8) is 0 Å². The molecular weight excluding hydrogens is 244 g/mol. The molecule has 2 unspecified atom stereocenters. The van der Waals surface area contributed by atoms with Gasteiger partial charge in [0.15, 0.2) is 0 Å². The third-order valence-corrected chi connectivity index (χ3v) is 3.37. The van der Waals surface area contributed by atoms with Gasteiger partial charge >= 0.3 is 5.97 Å². The first kappa shape index (κ1) is 13.7. The molecule has 1 saturated heterocycles. The number of nitrogens with zero attached hydrogens (tertiary/aromatic N) is 1. The summed E-state index contributed by atoms with van der Waals surface area (Å²) in [4.78, 5) is 13.8. The Bertz CT molecular complexity index is 476. The van der Waals surface area contributed by atoms with Gasteiger partial charge in [-0.15, -0.1) is 0 Å². The smallest absolute Gasteiger partial charge is 0.337 e. The molecule has 1 aromatic rings. The van der Waals surface area contributed by atoms with Crippen LogP contribution in [0.4, 0.5) is 11.4 Å². The highest BCUT2D eigenvalue weighted by Crippen LogP contribution is 2.29. The largest absolute Gasteiger partial charge is 0.465 e. The number of esters is 1. The number of hydrogen-bond donors (Lipinski definition) is 1. The maximum atomic E-state index is 11.6. The number of methoxy groups -OCH3 is 1. The topological polar surface area (TPSA) is 64.8 Å². The molecule has 0 aliphatic carbocycles. The summed E-state index contributed by atoms with van der Waals surface area (Å²) in [7, 11) is 1.37. The van der Waals surface area contributed by atoms with Crippen LogP contribution in [0.25, 0.3) is 0 Å². The van der Waals surface area contributed by atoms with Crippen LogP contribution >= 0.6 is 0 Å². The standard InChI is InChI=1S/C14H20N2O3/c1-9-8-19-10(2)7-16(9)13-6-11(14(17)18-3)4-5-12(13)15/h4-6,9-10H,7-8,15H2,1-3H3. The minimum Gasteiger partial charge on any atom is -0.465 e. The molecule has 1 aliphatic rings. The Morgan fingerprint density at radius 1 is 1.47 bits per heavy atom. The summed E-state index contributed by atoms with van der Waals surface area (Å²) in [6.07, 6.45) is 0.150. The third-order valence-electron chi connectivity index (χ3n) is 3.37. The monoisotopic (exact) mass is 264 g/mol. The van der Waals surface area contributed by atoms with Crippen LogP contribution in [0.5, 0.6) is 0 Å². The van der Waals surface area contributed by atoms with Crippen LogP contribution < -0.4 is 10.6 Å². The van der Waals surface area contributed by atoms with Gasteiger partial charge in [-0.05, 0) is 32.0 Å². The summed E-state index contributed by atoms with van der Waals surface area (Å²) in [5.74, 6) is -0.352. The molecule has 5 heteroatoms. The molecule has 1 heterocycles. The molecule has 0 bridgehead atoms. The molecule has 19 heavy (non-hydrogen) atoms. The van der Waals surface area contributed by atoms with Crippen molar-refractivity contribution in [2.45, 2.75) is 26.0 Å². The highest BCUT2D eigenvalue weighted by Gasteiger charge is 2.25. The van der Waals surface area contributed by atoms with E-state index in [9.17, 15) is 4.79 Å². The fourth-order valence-corrected chi connectivity index (χ4v) is 2.28. The lowest BCUT2D eigenvalue weighted by molar-refractivity contribution is 0.0344. The summed E-state index contributed by atoms with van der Waals surface area (Å²) in [5.41, 5.74) is 8.07. The zero-order valence-electron chi connectivity index (χ0n) is 11.6. The molecule has 0 amide bonds. The molecule has 1 aliphatic heterocycles. The second-order valence-corrected chi connectivity index (χ2v) is 4.91. The van der Waals surface area contributed by atoms with Gasteiger partial charge in [0.2, 0.25) is 0 Å². The average Bonchev–Trinajstić information content (AvgIpc) is 2.41. The van der Waals surface area contributed by atoms with Crippen molar-refractivity contribution in [3.05, 3.63) is 23.8 Å². The fourth-order valence-electron chi connectivity index (χ4n) is 2.28. The fraction of sp³-hybridized carbons (Fsp3) is 0.500. The van der Waals surface area contributed by atoms with E-state index in [1.165, 1.54) is 7.11 Å². The van der Waals surface area contributed by atoms with E-state index in [1.54, 1.807) is 18.2 Å². The Hall–Kier alpha value is -1.75. The molecule has 5 nitrogen and oxygen atoms in total. The summed E-state index contributed by atoms with van der Waals surface area (Å²) in [5, 5.41) is 0. The maximum Gasteiger partial charge on any atom is 0.337 e. The van der Waals surface area contributed by atoms with Crippen molar-refractivity contribution in [2.75, 3.05) is 30.9 Å². The van der Waals surface area contributed by atoms with E-state index in [2.05, 4.69) is 11.8 Å². The van der Waals surface area contributed by atoms with E-state index in [0.717, 1.165) is 12.2 Å². The van der Waals surface area contributed by atoms with Crippen molar-refractivity contribution < 1.29 is 14.3 Å². The zero-order chi connectivity index (χ0) is 14.0. The van der Waals surface area contributed by atoms with E-state index < -0.39 is 0 Å². The number of nitrogens with two attached hydrogens (primary N) is 1. The van der Waals surface area contributed by atoms with Crippen LogP contribution in [0.2, 0.25) is 0 Å². The first-order valence-electron chi connectivity index (χ1n) is 6.39. The molecule has 0 radical (unpaired) electrons. The number of morpholine rings is 1. The average molecular weight is 264 g/mol. The molecular formula is C14H20N2O3. The lowest BCUT2D eigenvalue weighted by Crippen LogP contribution is -2.47. The van der Waals surface area contributed by atoms with Crippen LogP contribution in [0.1, 0.15) is 24.2 Å². The number of carbonyl (C=O) groups excluding carboxylic acids is 1. The lowest BCUT2D eigenvalue weighted by Gasteiger charge is -2.39. The second-order valence-electron chi connectivity index (χ2n) is 4.91. The minimum absolute atomic E-state index is 0.150. The number of ether oxygens (including phenoxy) is 2. The quantitative estimate of drug-likeness (QED) is 0.650. The molecule has 104 valence electrons. The molecule has 1 aromatic carbocycles. The molecule has 2 atom stereocenters. The first-order valence-corrected chi connectivity index (χ1v) is 6.39. The Balaban J connectivity index is 2.34. The van der Waals surface area contributed by atoms with Crippen LogP contribution in [0.3, 0.4) is 0 Å². The van der Waals surface area contributed by atoms with Gasteiger partial charge in [0.25, 0.3) is 0 Å². The third kappa shape index (κ3) is 2.81. The molecule has 0 spiro atoms. The number of benzene rings is 1. The van der Waals surface area contributed by atoms with Gasteiger partial charge in [-0.1, -0.05) is 0 Å². The van der Waals surface area contributed by atoms with Crippen molar-refractivity contribution >= 4 is 17.3 Å². The summed E-state index contributed by atoms with van der Waals surface area (Å²) in [6.45, 7) is 5.52. The van der Waals surface area contributed by atoms with E-state index >= 15 is 0 Å². The van der Waals surface area contributed by atoms with Gasteiger partial charge in [0.1, 0.15) is 0 Å². The molecule has 2 rings (SSSR count). The SMILES string of the molecule is COC(=O)c1ccc(N)c(N2CC(C)OCC2C)c1. The molecule has 0 saturated carbocycles. The number of rotatable bonds is 2. The van der Waals surface area contributed by atoms with Crippen molar-refractivity contribution in [1.82, 2.24) is 0 Å². The number of carbonyl (C=O) groups is 1. The van der Waals surface area contributed by atoms with Gasteiger partial charge in [-0.25, -0.2) is 4.79 Å². The Labute approximate surface area is 113 Å². The van der Waals surface area contributed by atoms with Crippen LogP contribution in [0.15, 0.2) is 18.2 Å². The Kier molecular flexibility index (Phi) is 3.95. The number of nitrogen functional groups attached to an aromatic ring is 1. The molecule has 1 fully saturated rings. The van der Waals surface area contributed by atoms with Gasteiger partial charge in [-0.2, -0.15) is 0 Å². The van der Waals surface area contributed by atoms with Gasteiger partial charge < -0.3 is 20.1 Å². The van der Waals surface area contributed by atoms with Crippen molar-refractivity contribution in [3.8, 4) is 0 Å². The van der Waals surface area contributed by atoms with E-state index in [-0.39, 0.29) is 18.1 Å². The lowest BCUT2D eigenvalue weighted by atomic mass is 10.1. The van der Waals surface area contributed by atoms with Crippen LogP contribution in [-0.4, -0.2) is 38.4 Å². The predicted molar refractivity (Wildman–Crippen MR) is 74.4 cm³/mol. The summed E-state index contributed by atoms with van der Waals surface area (Å²) >= 11 is 0. The highest BCUT2D eigenvalue weighted by atomic mass is 16.5. The maximum absolute atomic E-state index is 11.6. The van der Waals surface area contributed by atoms with Gasteiger partial charge in [0, 0.05) is 12.6 Å². The Morgan fingerprint density at radius 2 is 2.21 bits per heavy atom. The van der Waals surface area contributed by atoms with Gasteiger partial charge in [0.05, 0.1) is 36.8 Å². The van der Waals surface area contributed by atoms with Crippen LogP contribution in [-0.2, 0) is 9.47 Å². The molecule has 0 aromatic heterocycles. The molecule has 2 N–H and O–H groups in total. The number of hydrogen-bond acceptors (Lipinski definition) is 5. The van der Waals surface area contributed by atoms with Crippen molar-refractivity contribution in [1.29, 1.82) is 0 Å². The van der Waals surface area contributed by atoms with E-state index in [0.29, 0.717) is 17.9 Å². The Morgan fingerprint density at radius 3 is 2.89 bits per heavy atom. The van der Waals surface area contributed by atoms with Gasteiger partial charge in [-0.3, -0.25) is 0 Å². The normalized spacial score (nSPS) is 23.2. The summed E-state index contributed by atoms with van der Waals surface area (Å²) in [6, 6.07) is 5.44. The van der Waals surface area contributed by atoms with Crippen LogP contribution in [0, 0.1) is 0 Å². The van der Waals surface area contributed by atoms with E-state index in [1.807, 2.05) is 6.92 Å². The predicted octanol–water partition coefficient (Wildman–Crippen LogP) is 1.67. The first-order chi connectivity index (χ1) is 9.02. The minimum atomic E-state index is -0.352. The summed E-state index contributed by atoms with van der Waals surface area (Å²) < 4.78 is 10.3. The van der Waals surface area contributed by atoms with Crippen molar-refractivity contribution in [2.24, 2.45) is 0 Å².